The highest BCUT2D eigenvalue weighted by Crippen LogP contribution is 2.46. The Labute approximate surface area is 231 Å². The van der Waals surface area contributed by atoms with Gasteiger partial charge in [0.2, 0.25) is 5.79 Å². The van der Waals surface area contributed by atoms with Crippen LogP contribution < -0.4 is 15.7 Å². The molecule has 1 saturated heterocycles. The fourth-order valence-electron chi connectivity index (χ4n) is 5.43. The molecule has 1 fully saturated rings. The largest absolute Gasteiger partial charge is 0.497 e. The van der Waals surface area contributed by atoms with E-state index < -0.39 is 35.3 Å². The lowest BCUT2D eigenvalue weighted by Gasteiger charge is -2.37. The van der Waals surface area contributed by atoms with Crippen molar-refractivity contribution in [3.8, 4) is 5.75 Å². The molecule has 0 radical (unpaired) electrons. The van der Waals surface area contributed by atoms with Crippen molar-refractivity contribution in [2.75, 3.05) is 12.4 Å². The van der Waals surface area contributed by atoms with Gasteiger partial charge in [-0.05, 0) is 39.4 Å². The third kappa shape index (κ3) is 4.65. The van der Waals surface area contributed by atoms with E-state index in [0.717, 1.165) is 21.3 Å². The molecule has 5 rings (SSSR count). The van der Waals surface area contributed by atoms with Crippen LogP contribution in [0.4, 0.5) is 14.7 Å². The molecule has 1 N–H and O–H groups in total. The van der Waals surface area contributed by atoms with Gasteiger partial charge in [0.1, 0.15) is 17.1 Å². The average Bonchev–Trinajstić information content (AvgIpc) is 3.26. The molecule has 1 aliphatic heterocycles. The van der Waals surface area contributed by atoms with Crippen LogP contribution in [0.5, 0.6) is 5.75 Å². The first-order valence-electron chi connectivity index (χ1n) is 13.1. The monoisotopic (exact) mass is 547 g/mol. The molecule has 40 heavy (non-hydrogen) atoms. The molecule has 208 valence electrons. The van der Waals surface area contributed by atoms with Gasteiger partial charge in [-0.25, -0.2) is 9.18 Å². The van der Waals surface area contributed by atoms with Crippen LogP contribution in [0.2, 0.25) is 0 Å². The lowest BCUT2D eigenvalue weighted by atomic mass is 9.77. The van der Waals surface area contributed by atoms with Crippen LogP contribution >= 0.6 is 0 Å². The van der Waals surface area contributed by atoms with E-state index in [-0.39, 0.29) is 12.2 Å². The number of aromatic nitrogens is 2. The summed E-state index contributed by atoms with van der Waals surface area (Å²) in [5, 5.41) is 3.51. The van der Waals surface area contributed by atoms with E-state index in [1.54, 1.807) is 20.1 Å². The van der Waals surface area contributed by atoms with Gasteiger partial charge in [0.05, 0.1) is 7.11 Å². The zero-order valence-corrected chi connectivity index (χ0v) is 22.5. The highest BCUT2D eigenvalue weighted by Gasteiger charge is 2.55. The van der Waals surface area contributed by atoms with E-state index in [0.29, 0.717) is 5.75 Å². The second-order valence-corrected chi connectivity index (χ2v) is 9.82. The third-order valence-corrected chi connectivity index (χ3v) is 7.74. The number of rotatable bonds is 9. The van der Waals surface area contributed by atoms with Crippen LogP contribution in [-0.2, 0) is 15.2 Å². The van der Waals surface area contributed by atoms with Crippen molar-refractivity contribution in [2.24, 2.45) is 5.92 Å². The Morgan fingerprint density at radius 2 is 1.55 bits per heavy atom. The summed E-state index contributed by atoms with van der Waals surface area (Å²) >= 11 is 0. The fourth-order valence-corrected chi connectivity index (χ4v) is 5.43. The molecule has 0 spiro atoms. The lowest BCUT2D eigenvalue weighted by molar-refractivity contribution is -0.356. The van der Waals surface area contributed by atoms with Crippen LogP contribution in [0.3, 0.4) is 0 Å². The molecule has 0 bridgehead atoms. The first kappa shape index (κ1) is 27.5. The molecule has 0 aliphatic carbocycles. The van der Waals surface area contributed by atoms with Gasteiger partial charge in [0, 0.05) is 18.5 Å². The van der Waals surface area contributed by atoms with Crippen LogP contribution in [0, 0.1) is 5.92 Å². The first-order valence-corrected chi connectivity index (χ1v) is 13.1. The minimum Gasteiger partial charge on any atom is -0.497 e. The summed E-state index contributed by atoms with van der Waals surface area (Å²) in [7, 11) is 1.61. The second-order valence-electron chi connectivity index (χ2n) is 9.82. The number of hydrogen-bond acceptors (Lipinski definition) is 6. The summed E-state index contributed by atoms with van der Waals surface area (Å²) < 4.78 is 40.7. The van der Waals surface area contributed by atoms with E-state index in [1.165, 1.54) is 13.1 Å². The minimum atomic E-state index is -1.77. The lowest BCUT2D eigenvalue weighted by Crippen LogP contribution is -2.39. The molecule has 7 nitrogen and oxygen atoms in total. The normalized spacial score (nSPS) is 22.7. The van der Waals surface area contributed by atoms with Crippen molar-refractivity contribution in [1.82, 2.24) is 9.55 Å². The number of halogens is 2. The van der Waals surface area contributed by atoms with E-state index in [1.807, 2.05) is 84.9 Å². The summed E-state index contributed by atoms with van der Waals surface area (Å²) in [5.74, 6) is -1.75. The Balaban J connectivity index is 1.61. The van der Waals surface area contributed by atoms with Crippen molar-refractivity contribution >= 4 is 5.82 Å². The summed E-state index contributed by atoms with van der Waals surface area (Å²) in [6, 6.07) is 28.8. The summed E-state index contributed by atoms with van der Waals surface area (Å²) in [5.41, 5.74) is 0.978. The Bertz CT molecular complexity index is 1440. The van der Waals surface area contributed by atoms with Gasteiger partial charge in [-0.1, -0.05) is 86.6 Å². The van der Waals surface area contributed by atoms with Crippen molar-refractivity contribution in [3.63, 3.8) is 0 Å². The number of ether oxygens (including phenoxy) is 2. The van der Waals surface area contributed by atoms with E-state index in [9.17, 15) is 9.32 Å². The molecular weight excluding hydrogens is 516 g/mol. The maximum atomic E-state index is 15.2. The maximum absolute atomic E-state index is 15.2. The molecule has 1 aliphatic rings. The standard InChI is InChI=1S/C31H31F2N3O4/c1-4-30(40-33)21(2)27(32)28(39-30)36-20-19-26(34-29(36)37)35-31(22-11-7-5-8-12-22,23-13-9-6-10-14-23)24-15-17-25(38-3)18-16-24/h5-21,27-28H,4H2,1-3H3,(H,34,35,37)/t21-,27+,28+,30-/m0/s1. The molecular formula is C31H31F2N3O4. The number of anilines is 1. The van der Waals surface area contributed by atoms with Gasteiger partial charge < -0.3 is 14.8 Å². The third-order valence-electron chi connectivity index (χ3n) is 7.74. The molecule has 0 saturated carbocycles. The Kier molecular flexibility index (Phi) is 7.69. The SMILES string of the molecule is CC[C@@]1(OF)O[C@@H](n2ccc(NC(c3ccccc3)(c3ccccc3)c3ccc(OC)cc3)nc2=O)[C@H](F)[C@@H]1C. The second kappa shape index (κ2) is 11.2. The van der Waals surface area contributed by atoms with Gasteiger partial charge in [0.15, 0.2) is 12.4 Å². The number of alkyl halides is 1. The molecule has 4 atom stereocenters. The van der Waals surface area contributed by atoms with Crippen LogP contribution in [0.15, 0.2) is 102 Å². The van der Waals surface area contributed by atoms with Gasteiger partial charge in [-0.15, -0.1) is 0 Å². The Morgan fingerprint density at radius 3 is 2.02 bits per heavy atom. The van der Waals surface area contributed by atoms with E-state index >= 15 is 4.39 Å². The van der Waals surface area contributed by atoms with Crippen molar-refractivity contribution in [3.05, 3.63) is 124 Å². The number of methoxy groups -OCH3 is 1. The highest BCUT2D eigenvalue weighted by atomic mass is 19.3. The van der Waals surface area contributed by atoms with Gasteiger partial charge in [-0.3, -0.25) is 4.57 Å². The topological polar surface area (TPSA) is 74.6 Å². The maximum Gasteiger partial charge on any atom is 0.351 e. The molecule has 1 aromatic heterocycles. The predicted molar refractivity (Wildman–Crippen MR) is 147 cm³/mol. The number of hydrogen-bond donors (Lipinski definition) is 1. The predicted octanol–water partition coefficient (Wildman–Crippen LogP) is 6.17. The van der Waals surface area contributed by atoms with Crippen LogP contribution in [0.1, 0.15) is 43.2 Å². The van der Waals surface area contributed by atoms with Gasteiger partial charge >= 0.3 is 5.69 Å². The molecule has 2 heterocycles. The van der Waals surface area contributed by atoms with Crippen LogP contribution in [0.25, 0.3) is 0 Å². The molecule has 9 heteroatoms. The van der Waals surface area contributed by atoms with E-state index in [2.05, 4.69) is 15.2 Å². The fraction of sp³-hybridized carbons (Fsp3) is 0.290. The van der Waals surface area contributed by atoms with Gasteiger partial charge in [0.25, 0.3) is 0 Å². The van der Waals surface area contributed by atoms with Crippen LogP contribution in [-0.4, -0.2) is 28.6 Å². The summed E-state index contributed by atoms with van der Waals surface area (Å²) in [6.07, 6.45) is -1.59. The minimum absolute atomic E-state index is 0.0714. The van der Waals surface area contributed by atoms with Crippen molar-refractivity contribution in [2.45, 2.75) is 44.0 Å². The molecule has 3 aromatic carbocycles. The quantitative estimate of drug-likeness (QED) is 0.253. The number of benzene rings is 3. The van der Waals surface area contributed by atoms with E-state index in [4.69, 9.17) is 9.47 Å². The molecule has 0 unspecified atom stereocenters. The van der Waals surface area contributed by atoms with Gasteiger partial charge in [-0.2, -0.15) is 9.93 Å². The smallest absolute Gasteiger partial charge is 0.351 e. The first-order chi connectivity index (χ1) is 19.4. The van der Waals surface area contributed by atoms with Crippen molar-refractivity contribution < 1.29 is 23.3 Å². The summed E-state index contributed by atoms with van der Waals surface area (Å²) in [4.78, 5) is 21.6. The average molecular weight is 548 g/mol. The number of nitrogens with zero attached hydrogens (tertiary/aromatic N) is 2. The number of nitrogens with one attached hydrogen (secondary N) is 1. The van der Waals surface area contributed by atoms with Crippen molar-refractivity contribution in [1.29, 1.82) is 0 Å². The zero-order chi connectivity index (χ0) is 28.3. The highest BCUT2D eigenvalue weighted by molar-refractivity contribution is 5.58. The Hall–Kier alpha value is -4.08. The molecule has 4 aromatic rings. The summed E-state index contributed by atoms with van der Waals surface area (Å²) in [6.45, 7) is 3.12. The Morgan fingerprint density at radius 1 is 0.975 bits per heavy atom. The zero-order valence-electron chi connectivity index (χ0n) is 22.5. The molecule has 0 amide bonds.